The lowest BCUT2D eigenvalue weighted by Gasteiger charge is -2.27. The molecular formula is C16H24FNO. The highest BCUT2D eigenvalue weighted by atomic mass is 19.1. The lowest BCUT2D eigenvalue weighted by Crippen LogP contribution is -2.33. The Morgan fingerprint density at radius 2 is 2.05 bits per heavy atom. The maximum Gasteiger partial charge on any atom is 0.123 e. The summed E-state index contributed by atoms with van der Waals surface area (Å²) >= 11 is 0. The molecule has 106 valence electrons. The first-order valence-electron chi connectivity index (χ1n) is 7.25. The topological polar surface area (TPSA) is 21.3 Å². The fourth-order valence-electron chi connectivity index (χ4n) is 3.00. The Hall–Kier alpha value is -0.930. The van der Waals surface area contributed by atoms with Crippen molar-refractivity contribution in [2.45, 2.75) is 52.2 Å². The molecule has 1 aromatic carbocycles. The van der Waals surface area contributed by atoms with Gasteiger partial charge in [0.2, 0.25) is 0 Å². The van der Waals surface area contributed by atoms with E-state index in [9.17, 15) is 4.39 Å². The zero-order valence-electron chi connectivity index (χ0n) is 12.1. The average Bonchev–Trinajstić information content (AvgIpc) is 2.85. The van der Waals surface area contributed by atoms with Crippen LogP contribution in [-0.4, -0.2) is 19.3 Å². The second-order valence-corrected chi connectivity index (χ2v) is 5.44. The maximum atomic E-state index is 13.4. The first-order chi connectivity index (χ1) is 9.13. The molecule has 1 fully saturated rings. The number of halogens is 1. The van der Waals surface area contributed by atoms with Crippen molar-refractivity contribution in [3.63, 3.8) is 0 Å². The Kier molecular flexibility index (Phi) is 4.94. The highest BCUT2D eigenvalue weighted by molar-refractivity contribution is 5.37. The van der Waals surface area contributed by atoms with Gasteiger partial charge in [-0.25, -0.2) is 4.39 Å². The molecule has 19 heavy (non-hydrogen) atoms. The molecule has 2 unspecified atom stereocenters. The Morgan fingerprint density at radius 1 is 1.37 bits per heavy atom. The van der Waals surface area contributed by atoms with Crippen LogP contribution in [0.15, 0.2) is 12.1 Å². The van der Waals surface area contributed by atoms with Gasteiger partial charge in [-0.05, 0) is 68.5 Å². The Labute approximate surface area is 115 Å². The van der Waals surface area contributed by atoms with Gasteiger partial charge in [0, 0.05) is 6.61 Å². The Balaban J connectivity index is 2.31. The molecule has 0 aliphatic carbocycles. The van der Waals surface area contributed by atoms with E-state index in [-0.39, 0.29) is 18.0 Å². The van der Waals surface area contributed by atoms with Gasteiger partial charge in [-0.1, -0.05) is 6.92 Å². The predicted molar refractivity (Wildman–Crippen MR) is 75.9 cm³/mol. The van der Waals surface area contributed by atoms with Gasteiger partial charge in [-0.3, -0.25) is 0 Å². The molecule has 2 atom stereocenters. The van der Waals surface area contributed by atoms with Crippen LogP contribution < -0.4 is 5.32 Å². The first kappa shape index (κ1) is 14.5. The average molecular weight is 265 g/mol. The number of ether oxygens (including phenoxy) is 1. The van der Waals surface area contributed by atoms with Crippen LogP contribution >= 0.6 is 0 Å². The van der Waals surface area contributed by atoms with Crippen LogP contribution in [0, 0.1) is 19.7 Å². The van der Waals surface area contributed by atoms with Gasteiger partial charge in [0.1, 0.15) is 5.82 Å². The molecule has 1 heterocycles. The molecule has 1 aromatic rings. The molecule has 0 amide bonds. The summed E-state index contributed by atoms with van der Waals surface area (Å²) in [6, 6.07) is 3.43. The minimum Gasteiger partial charge on any atom is -0.376 e. The third-order valence-corrected chi connectivity index (χ3v) is 3.82. The normalized spacial score (nSPS) is 20.7. The quantitative estimate of drug-likeness (QED) is 0.877. The molecule has 2 nitrogen and oxygen atoms in total. The summed E-state index contributed by atoms with van der Waals surface area (Å²) in [5, 5.41) is 3.58. The van der Waals surface area contributed by atoms with Crippen molar-refractivity contribution < 1.29 is 9.13 Å². The number of hydrogen-bond donors (Lipinski definition) is 1. The summed E-state index contributed by atoms with van der Waals surface area (Å²) in [7, 11) is 0. The van der Waals surface area contributed by atoms with Gasteiger partial charge < -0.3 is 10.1 Å². The molecule has 0 saturated carbocycles. The highest BCUT2D eigenvalue weighted by Gasteiger charge is 2.29. The van der Waals surface area contributed by atoms with Crippen LogP contribution in [0.2, 0.25) is 0 Å². The second-order valence-electron chi connectivity index (χ2n) is 5.44. The van der Waals surface area contributed by atoms with Gasteiger partial charge in [0.25, 0.3) is 0 Å². The Morgan fingerprint density at radius 3 is 2.58 bits per heavy atom. The van der Waals surface area contributed by atoms with Gasteiger partial charge in [0.05, 0.1) is 12.1 Å². The summed E-state index contributed by atoms with van der Waals surface area (Å²) in [4.78, 5) is 0. The highest BCUT2D eigenvalue weighted by Crippen LogP contribution is 2.31. The standard InChI is InChI=1S/C16H24FNO/c1-4-7-18-16(14-6-5-8-19-14)15-11(2)9-13(17)10-12(15)3/h9-10,14,16,18H,4-8H2,1-3H3. The summed E-state index contributed by atoms with van der Waals surface area (Å²) in [6.45, 7) is 7.93. The van der Waals surface area contributed by atoms with E-state index in [1.807, 2.05) is 13.8 Å². The lowest BCUT2D eigenvalue weighted by atomic mass is 9.91. The molecule has 1 aliphatic heterocycles. The number of rotatable bonds is 5. The van der Waals surface area contributed by atoms with E-state index in [4.69, 9.17) is 4.74 Å². The predicted octanol–water partition coefficient (Wildman–Crippen LogP) is 3.66. The molecule has 1 aliphatic rings. The van der Waals surface area contributed by atoms with Crippen molar-refractivity contribution in [1.29, 1.82) is 0 Å². The Bertz CT molecular complexity index is 404. The molecule has 1 N–H and O–H groups in total. The zero-order chi connectivity index (χ0) is 13.8. The van der Waals surface area contributed by atoms with Crippen molar-refractivity contribution in [2.24, 2.45) is 0 Å². The lowest BCUT2D eigenvalue weighted by molar-refractivity contribution is 0.0779. The first-order valence-corrected chi connectivity index (χ1v) is 7.25. The minimum absolute atomic E-state index is 0.152. The molecule has 2 rings (SSSR count). The van der Waals surface area contributed by atoms with Crippen molar-refractivity contribution in [1.82, 2.24) is 5.32 Å². The van der Waals surface area contributed by atoms with E-state index >= 15 is 0 Å². The van der Waals surface area contributed by atoms with E-state index in [2.05, 4.69) is 12.2 Å². The molecule has 1 saturated heterocycles. The summed E-state index contributed by atoms with van der Waals surface area (Å²) in [5.74, 6) is -0.152. The van der Waals surface area contributed by atoms with Crippen LogP contribution in [0.4, 0.5) is 4.39 Å². The van der Waals surface area contributed by atoms with E-state index in [0.717, 1.165) is 43.5 Å². The van der Waals surface area contributed by atoms with Gasteiger partial charge >= 0.3 is 0 Å². The van der Waals surface area contributed by atoms with E-state index in [0.29, 0.717) is 0 Å². The van der Waals surface area contributed by atoms with Crippen LogP contribution in [-0.2, 0) is 4.74 Å². The maximum absolute atomic E-state index is 13.4. The molecule has 0 radical (unpaired) electrons. The van der Waals surface area contributed by atoms with Crippen LogP contribution in [0.3, 0.4) is 0 Å². The molecule has 3 heteroatoms. The van der Waals surface area contributed by atoms with Gasteiger partial charge in [-0.15, -0.1) is 0 Å². The van der Waals surface area contributed by atoms with E-state index < -0.39 is 0 Å². The largest absolute Gasteiger partial charge is 0.376 e. The van der Waals surface area contributed by atoms with Crippen molar-refractivity contribution in [2.75, 3.05) is 13.2 Å². The third kappa shape index (κ3) is 3.34. The molecular weight excluding hydrogens is 241 g/mol. The van der Waals surface area contributed by atoms with E-state index in [1.165, 1.54) is 5.56 Å². The molecule has 0 spiro atoms. The third-order valence-electron chi connectivity index (χ3n) is 3.82. The van der Waals surface area contributed by atoms with Crippen LogP contribution in [0.5, 0.6) is 0 Å². The van der Waals surface area contributed by atoms with Crippen molar-refractivity contribution in [3.8, 4) is 0 Å². The number of hydrogen-bond acceptors (Lipinski definition) is 2. The van der Waals surface area contributed by atoms with Crippen LogP contribution in [0.1, 0.15) is 48.9 Å². The molecule has 0 bridgehead atoms. The zero-order valence-corrected chi connectivity index (χ0v) is 12.1. The van der Waals surface area contributed by atoms with E-state index in [1.54, 1.807) is 12.1 Å². The smallest absolute Gasteiger partial charge is 0.123 e. The number of benzene rings is 1. The van der Waals surface area contributed by atoms with Crippen LogP contribution in [0.25, 0.3) is 0 Å². The fourth-order valence-corrected chi connectivity index (χ4v) is 3.00. The van der Waals surface area contributed by atoms with Gasteiger partial charge in [-0.2, -0.15) is 0 Å². The summed E-state index contributed by atoms with van der Waals surface area (Å²) in [6.07, 6.45) is 3.50. The minimum atomic E-state index is -0.152. The summed E-state index contributed by atoms with van der Waals surface area (Å²) < 4.78 is 19.3. The number of aryl methyl sites for hydroxylation is 2. The van der Waals surface area contributed by atoms with Crippen molar-refractivity contribution in [3.05, 3.63) is 34.6 Å². The fraction of sp³-hybridized carbons (Fsp3) is 0.625. The van der Waals surface area contributed by atoms with Crippen molar-refractivity contribution >= 4 is 0 Å². The van der Waals surface area contributed by atoms with Gasteiger partial charge in [0.15, 0.2) is 0 Å². The monoisotopic (exact) mass is 265 g/mol. The summed E-state index contributed by atoms with van der Waals surface area (Å²) in [5.41, 5.74) is 3.24. The SMILES string of the molecule is CCCNC(c1c(C)cc(F)cc1C)C1CCCO1. The molecule has 0 aromatic heterocycles. The second kappa shape index (κ2) is 6.49. The number of nitrogens with one attached hydrogen (secondary N) is 1.